The number of benzene rings is 2. The smallest absolute Gasteiger partial charge is 0.229 e. The molecule has 0 radical (unpaired) electrons. The van der Waals surface area contributed by atoms with Crippen molar-refractivity contribution in [1.82, 2.24) is 10.0 Å². The summed E-state index contributed by atoms with van der Waals surface area (Å²) in [6.07, 6.45) is 1.44. The van der Waals surface area contributed by atoms with Crippen LogP contribution in [0.25, 0.3) is 5.76 Å². The molecular formula is C26H35N5O8S3. The number of amidine groups is 1. The molecule has 230 valence electrons. The van der Waals surface area contributed by atoms with Gasteiger partial charge >= 0.3 is 0 Å². The van der Waals surface area contributed by atoms with Gasteiger partial charge in [-0.1, -0.05) is 48.9 Å². The van der Waals surface area contributed by atoms with E-state index in [1.165, 1.54) is 18.2 Å². The zero-order chi connectivity index (χ0) is 31.1. The first kappa shape index (κ1) is 31.9. The topological polar surface area (TPSA) is 207 Å². The van der Waals surface area contributed by atoms with Crippen LogP contribution in [-0.2, 0) is 30.4 Å². The molecule has 1 aliphatic heterocycles. The van der Waals surface area contributed by atoms with Gasteiger partial charge < -0.3 is 15.7 Å². The summed E-state index contributed by atoms with van der Waals surface area (Å²) in [4.78, 5) is 14.4. The maximum atomic E-state index is 14.5. The maximum absolute atomic E-state index is 14.5. The van der Waals surface area contributed by atoms with E-state index in [1.807, 2.05) is 13.8 Å². The number of hydrogen-bond acceptors (Lipinski definition) is 11. The quantitative estimate of drug-likeness (QED) is 0.191. The predicted octanol–water partition coefficient (Wildman–Crippen LogP) is 3.23. The van der Waals surface area contributed by atoms with Crippen molar-refractivity contribution in [3.05, 3.63) is 59.2 Å². The van der Waals surface area contributed by atoms with Gasteiger partial charge in [0.25, 0.3) is 0 Å². The molecule has 0 saturated heterocycles. The van der Waals surface area contributed by atoms with Crippen molar-refractivity contribution in [3.8, 4) is 0 Å². The van der Waals surface area contributed by atoms with Gasteiger partial charge in [0.2, 0.25) is 20.0 Å². The fourth-order valence-electron chi connectivity index (χ4n) is 4.88. The summed E-state index contributed by atoms with van der Waals surface area (Å²) in [5.41, 5.74) is -1.63. The summed E-state index contributed by atoms with van der Waals surface area (Å²) in [7, 11) is -10.1. The summed E-state index contributed by atoms with van der Waals surface area (Å²) in [5.74, 6) is -1.92. The molecule has 1 atom stereocenters. The number of ketones is 1. The first-order valence-corrected chi connectivity index (χ1v) is 18.1. The Morgan fingerprint density at radius 1 is 1.10 bits per heavy atom. The van der Waals surface area contributed by atoms with E-state index < -0.39 is 53.5 Å². The number of Topliss-reactive ketones (excluding diaryl/α,β-unsaturated/α-hetero) is 1. The first-order valence-electron chi connectivity index (χ1n) is 13.0. The molecule has 1 unspecified atom stereocenters. The number of fused-ring (bicyclic) bond motifs is 2. The van der Waals surface area contributed by atoms with Crippen LogP contribution in [0.5, 0.6) is 0 Å². The molecule has 0 fully saturated rings. The van der Waals surface area contributed by atoms with Crippen LogP contribution in [0.3, 0.4) is 0 Å². The van der Waals surface area contributed by atoms with Crippen molar-refractivity contribution in [2.45, 2.75) is 37.1 Å². The third-order valence-electron chi connectivity index (χ3n) is 6.83. The zero-order valence-corrected chi connectivity index (χ0v) is 26.0. The van der Waals surface area contributed by atoms with Gasteiger partial charge in [-0.2, -0.15) is 4.72 Å². The Bertz CT molecular complexity index is 1690. The molecule has 13 nitrogen and oxygen atoms in total. The highest BCUT2D eigenvalue weighted by Crippen LogP contribution is 2.57. The minimum Gasteiger partial charge on any atom is -0.506 e. The Kier molecular flexibility index (Phi) is 8.82. The maximum Gasteiger partial charge on any atom is 0.229 e. The standard InChI is InChI=1S/C26H35N5O8S3/c1-16(2)11-12-26(31-41(36,37)14-13-27-3)19-8-6-5-7-18(19)23(32)22(24(26)33)25-28-20-10-9-17(29-40(4,34)35)15-21(20)42(38,39)30-25/h5-10,15-16,27,29,31-32,38-39H,11-14H2,1-4H3,(H,28,30). The SMILES string of the molecule is CNCCS(=O)(=O)NC1(CCC(C)C)C(=O)C(C2=NS(O)(O)c3cc(NS(C)(=O)=O)ccc3N2)=C(O)c2ccccc21. The minimum atomic E-state index is -4.04. The second-order valence-corrected chi connectivity index (χ2v) is 15.9. The van der Waals surface area contributed by atoms with E-state index in [1.54, 1.807) is 31.3 Å². The monoisotopic (exact) mass is 641 g/mol. The molecule has 2 aromatic rings. The van der Waals surface area contributed by atoms with Crippen LogP contribution in [0, 0.1) is 5.92 Å². The van der Waals surface area contributed by atoms with Crippen LogP contribution in [0.15, 0.2) is 57.3 Å². The van der Waals surface area contributed by atoms with Crippen LogP contribution in [0.2, 0.25) is 0 Å². The van der Waals surface area contributed by atoms with Crippen molar-refractivity contribution in [3.63, 3.8) is 0 Å². The molecule has 16 heteroatoms. The number of hydrogen-bond donors (Lipinski definition) is 7. The molecule has 0 saturated carbocycles. The molecule has 1 aliphatic carbocycles. The zero-order valence-electron chi connectivity index (χ0n) is 23.5. The fourth-order valence-corrected chi connectivity index (χ4v) is 8.04. The van der Waals surface area contributed by atoms with Crippen molar-refractivity contribution in [2.75, 3.05) is 35.6 Å². The highest BCUT2D eigenvalue weighted by atomic mass is 32.3. The van der Waals surface area contributed by atoms with Crippen LogP contribution in [-0.4, -0.2) is 68.3 Å². The van der Waals surface area contributed by atoms with E-state index in [2.05, 4.69) is 24.5 Å². The van der Waals surface area contributed by atoms with Crippen LogP contribution in [0.4, 0.5) is 11.4 Å². The van der Waals surface area contributed by atoms with Gasteiger partial charge in [0.05, 0.1) is 23.4 Å². The molecule has 0 bridgehead atoms. The Morgan fingerprint density at radius 2 is 1.79 bits per heavy atom. The van der Waals surface area contributed by atoms with Crippen LogP contribution >= 0.6 is 10.8 Å². The summed E-state index contributed by atoms with van der Waals surface area (Å²) < 4.78 is 80.8. The predicted molar refractivity (Wildman–Crippen MR) is 165 cm³/mol. The fraction of sp³-hybridized carbons (Fsp3) is 0.385. The van der Waals surface area contributed by atoms with Crippen molar-refractivity contribution >= 4 is 59.6 Å². The number of nitrogens with zero attached hydrogens (tertiary/aromatic N) is 1. The Balaban J connectivity index is 1.89. The van der Waals surface area contributed by atoms with Crippen molar-refractivity contribution in [2.24, 2.45) is 10.3 Å². The average Bonchev–Trinajstić information content (AvgIpc) is 2.88. The summed E-state index contributed by atoms with van der Waals surface area (Å²) in [6.45, 7) is 3.99. The molecule has 7 N–H and O–H groups in total. The van der Waals surface area contributed by atoms with Gasteiger partial charge in [-0.25, -0.2) is 16.8 Å². The van der Waals surface area contributed by atoms with E-state index >= 15 is 0 Å². The lowest BCUT2D eigenvalue weighted by Crippen LogP contribution is -2.56. The normalized spacial score (nSPS) is 20.8. The molecule has 2 aromatic carbocycles. The second kappa shape index (κ2) is 11.6. The molecule has 0 spiro atoms. The van der Waals surface area contributed by atoms with Gasteiger partial charge in [-0.05, 0) is 49.6 Å². The number of aliphatic hydroxyl groups excluding tert-OH is 1. The molecule has 0 amide bonds. The number of sulfonamides is 2. The lowest BCUT2D eigenvalue weighted by Gasteiger charge is -2.41. The lowest BCUT2D eigenvalue weighted by molar-refractivity contribution is -0.121. The molecule has 4 rings (SSSR count). The number of nitrogens with one attached hydrogen (secondary N) is 4. The highest BCUT2D eigenvalue weighted by Gasteiger charge is 2.51. The van der Waals surface area contributed by atoms with Crippen LogP contribution < -0.4 is 20.1 Å². The van der Waals surface area contributed by atoms with E-state index in [9.17, 15) is 35.8 Å². The molecule has 2 aliphatic rings. The summed E-state index contributed by atoms with van der Waals surface area (Å²) in [6, 6.07) is 10.3. The summed E-state index contributed by atoms with van der Waals surface area (Å²) >= 11 is 0. The number of rotatable bonds is 11. The third kappa shape index (κ3) is 6.49. The van der Waals surface area contributed by atoms with Gasteiger partial charge in [-0.3, -0.25) is 18.6 Å². The van der Waals surface area contributed by atoms with E-state index in [-0.39, 0.29) is 57.9 Å². The average molecular weight is 642 g/mol. The second-order valence-electron chi connectivity index (χ2n) is 10.6. The van der Waals surface area contributed by atoms with Gasteiger partial charge in [0.15, 0.2) is 11.6 Å². The number of carbonyl (C=O) groups is 1. The van der Waals surface area contributed by atoms with Crippen molar-refractivity contribution < 1.29 is 35.8 Å². The molecule has 0 aromatic heterocycles. The Labute approximate surface area is 247 Å². The van der Waals surface area contributed by atoms with Crippen molar-refractivity contribution in [1.29, 1.82) is 0 Å². The van der Waals surface area contributed by atoms with Crippen LogP contribution in [0.1, 0.15) is 37.8 Å². The van der Waals surface area contributed by atoms with Gasteiger partial charge in [0, 0.05) is 12.1 Å². The first-order chi connectivity index (χ1) is 19.5. The van der Waals surface area contributed by atoms with E-state index in [0.717, 1.165) is 6.26 Å². The number of aliphatic hydroxyl groups is 1. The van der Waals surface area contributed by atoms with E-state index in [0.29, 0.717) is 6.42 Å². The minimum absolute atomic E-state index is 0.0523. The summed E-state index contributed by atoms with van der Waals surface area (Å²) in [5, 5.41) is 17.0. The largest absolute Gasteiger partial charge is 0.506 e. The molecular weight excluding hydrogens is 607 g/mol. The Hall–Kier alpha value is -2.99. The lowest BCUT2D eigenvalue weighted by atomic mass is 9.72. The highest BCUT2D eigenvalue weighted by molar-refractivity contribution is 8.23. The van der Waals surface area contributed by atoms with Gasteiger partial charge in [0.1, 0.15) is 21.8 Å². The Morgan fingerprint density at radius 3 is 2.43 bits per heavy atom. The number of carbonyl (C=O) groups excluding carboxylic acids is 1. The van der Waals surface area contributed by atoms with Gasteiger partial charge in [-0.15, -0.1) is 4.40 Å². The third-order valence-corrected chi connectivity index (χ3v) is 10.2. The molecule has 42 heavy (non-hydrogen) atoms. The molecule has 1 heterocycles. The van der Waals surface area contributed by atoms with E-state index in [4.69, 9.17) is 0 Å². The number of anilines is 2.